The minimum absolute atomic E-state index is 0.142. The number of ether oxygens (including phenoxy) is 1. The number of rotatable bonds is 8. The summed E-state index contributed by atoms with van der Waals surface area (Å²) in [5, 5.41) is 3.06. The van der Waals surface area contributed by atoms with Gasteiger partial charge in [0.2, 0.25) is 0 Å². The molecule has 6 heteroatoms. The number of hydrogen-bond donors (Lipinski definition) is 1. The fourth-order valence-corrected chi connectivity index (χ4v) is 3.78. The van der Waals surface area contributed by atoms with Crippen LogP contribution in [0.4, 0.5) is 0 Å². The van der Waals surface area contributed by atoms with Gasteiger partial charge in [-0.15, -0.1) is 0 Å². The zero-order chi connectivity index (χ0) is 22.5. The summed E-state index contributed by atoms with van der Waals surface area (Å²) in [5.74, 6) is 1.62. The third kappa shape index (κ3) is 4.80. The lowest BCUT2D eigenvalue weighted by Gasteiger charge is -2.17. The molecule has 164 valence electrons. The van der Waals surface area contributed by atoms with Crippen LogP contribution in [-0.2, 0) is 6.54 Å². The summed E-state index contributed by atoms with van der Waals surface area (Å²) in [7, 11) is 0. The average Bonchev–Trinajstić information content (AvgIpc) is 3.18. The number of pyridine rings is 1. The molecule has 0 radical (unpaired) electrons. The third-order valence-corrected chi connectivity index (χ3v) is 5.49. The summed E-state index contributed by atoms with van der Waals surface area (Å²) < 4.78 is 8.22. The van der Waals surface area contributed by atoms with Gasteiger partial charge in [0.1, 0.15) is 11.6 Å². The molecule has 1 unspecified atom stereocenters. The maximum Gasteiger partial charge on any atom is 0.251 e. The predicted octanol–water partition coefficient (Wildman–Crippen LogP) is 5.01. The fraction of sp³-hybridized carbons (Fsp3) is 0.269. The quantitative estimate of drug-likeness (QED) is 0.401. The van der Waals surface area contributed by atoms with Crippen LogP contribution in [0.15, 0.2) is 67.0 Å². The van der Waals surface area contributed by atoms with Crippen LogP contribution >= 0.6 is 0 Å². The predicted molar refractivity (Wildman–Crippen MR) is 126 cm³/mol. The van der Waals surface area contributed by atoms with Crippen molar-refractivity contribution in [1.82, 2.24) is 19.9 Å². The maximum absolute atomic E-state index is 12.6. The molecule has 2 aromatic carbocycles. The van der Waals surface area contributed by atoms with E-state index in [9.17, 15) is 4.79 Å². The smallest absolute Gasteiger partial charge is 0.251 e. The molecule has 0 spiro atoms. The molecule has 0 aliphatic heterocycles. The second-order valence-corrected chi connectivity index (χ2v) is 8.01. The molecule has 4 aromatic rings. The van der Waals surface area contributed by atoms with Crippen molar-refractivity contribution in [3.63, 3.8) is 0 Å². The number of aryl methyl sites for hydroxylation is 3. The molecule has 1 N–H and O–H groups in total. The maximum atomic E-state index is 12.6. The molecule has 0 aliphatic carbocycles. The number of benzene rings is 2. The number of amides is 1. The lowest BCUT2D eigenvalue weighted by atomic mass is 10.1. The molecule has 32 heavy (non-hydrogen) atoms. The summed E-state index contributed by atoms with van der Waals surface area (Å²) in [6, 6.07) is 17.5. The number of imidazole rings is 1. The molecule has 4 rings (SSSR count). The normalized spacial score (nSPS) is 12.0. The van der Waals surface area contributed by atoms with Gasteiger partial charge in [-0.25, -0.2) is 4.98 Å². The molecule has 1 atom stereocenters. The van der Waals surface area contributed by atoms with Gasteiger partial charge in [-0.3, -0.25) is 9.78 Å². The highest BCUT2D eigenvalue weighted by Crippen LogP contribution is 2.23. The minimum Gasteiger partial charge on any atom is -0.493 e. The van der Waals surface area contributed by atoms with E-state index in [4.69, 9.17) is 9.72 Å². The molecule has 0 saturated carbocycles. The highest BCUT2D eigenvalue weighted by Gasteiger charge is 2.19. The second kappa shape index (κ2) is 9.64. The topological polar surface area (TPSA) is 69.0 Å². The third-order valence-electron chi connectivity index (χ3n) is 5.49. The van der Waals surface area contributed by atoms with Crippen LogP contribution in [0.25, 0.3) is 11.0 Å². The van der Waals surface area contributed by atoms with E-state index in [1.54, 1.807) is 24.5 Å². The largest absolute Gasteiger partial charge is 0.493 e. The summed E-state index contributed by atoms with van der Waals surface area (Å²) >= 11 is 0. The van der Waals surface area contributed by atoms with Crippen molar-refractivity contribution in [1.29, 1.82) is 0 Å². The second-order valence-electron chi connectivity index (χ2n) is 8.01. The molecule has 1 amide bonds. The van der Waals surface area contributed by atoms with E-state index in [0.29, 0.717) is 12.2 Å². The van der Waals surface area contributed by atoms with Gasteiger partial charge in [-0.1, -0.05) is 24.3 Å². The number of fused-ring (bicyclic) bond motifs is 1. The first kappa shape index (κ1) is 21.6. The van der Waals surface area contributed by atoms with E-state index in [-0.39, 0.29) is 11.9 Å². The molecular formula is C26H28N4O2. The van der Waals surface area contributed by atoms with Crippen molar-refractivity contribution in [2.45, 2.75) is 39.8 Å². The number of para-hydroxylation sites is 2. The Bertz CT molecular complexity index is 1220. The molecule has 0 fully saturated rings. The first-order valence-electron chi connectivity index (χ1n) is 10.9. The van der Waals surface area contributed by atoms with Gasteiger partial charge in [0.25, 0.3) is 5.91 Å². The van der Waals surface area contributed by atoms with E-state index >= 15 is 0 Å². The van der Waals surface area contributed by atoms with E-state index < -0.39 is 0 Å². The molecule has 2 aromatic heterocycles. The summed E-state index contributed by atoms with van der Waals surface area (Å²) in [5.41, 5.74) is 4.88. The Morgan fingerprint density at radius 1 is 1.09 bits per heavy atom. The Morgan fingerprint density at radius 2 is 1.88 bits per heavy atom. The van der Waals surface area contributed by atoms with Crippen LogP contribution in [0.3, 0.4) is 0 Å². The lowest BCUT2D eigenvalue weighted by Crippen LogP contribution is -2.28. The Labute approximate surface area is 188 Å². The van der Waals surface area contributed by atoms with Crippen molar-refractivity contribution in [2.75, 3.05) is 6.61 Å². The molecule has 2 heterocycles. The SMILES string of the molecule is Cc1ccc(C)c(OCCCn2c(C(C)NC(=O)c3ccncc3)nc3ccccc32)c1. The molecule has 0 bridgehead atoms. The van der Waals surface area contributed by atoms with Crippen LogP contribution < -0.4 is 10.1 Å². The molecule has 0 aliphatic rings. The van der Waals surface area contributed by atoms with Gasteiger partial charge in [0.15, 0.2) is 0 Å². The lowest BCUT2D eigenvalue weighted by molar-refractivity contribution is 0.0937. The van der Waals surface area contributed by atoms with Crippen LogP contribution in [-0.4, -0.2) is 27.0 Å². The molecule has 0 saturated heterocycles. The Kier molecular flexibility index (Phi) is 6.50. The monoisotopic (exact) mass is 428 g/mol. The Balaban J connectivity index is 1.48. The highest BCUT2D eigenvalue weighted by atomic mass is 16.5. The van der Waals surface area contributed by atoms with E-state index in [2.05, 4.69) is 53.0 Å². The van der Waals surface area contributed by atoms with Gasteiger partial charge in [-0.2, -0.15) is 0 Å². The van der Waals surface area contributed by atoms with Gasteiger partial charge in [-0.05, 0) is 68.7 Å². The first-order valence-corrected chi connectivity index (χ1v) is 10.9. The van der Waals surface area contributed by atoms with Crippen LogP contribution in [0.2, 0.25) is 0 Å². The van der Waals surface area contributed by atoms with Gasteiger partial charge in [0, 0.05) is 24.5 Å². The molecule has 6 nitrogen and oxygen atoms in total. The molecular weight excluding hydrogens is 400 g/mol. The number of nitrogens with zero attached hydrogens (tertiary/aromatic N) is 3. The van der Waals surface area contributed by atoms with Crippen molar-refractivity contribution in [3.05, 3.63) is 89.5 Å². The number of carbonyl (C=O) groups excluding carboxylic acids is 1. The van der Waals surface area contributed by atoms with E-state index in [1.165, 1.54) is 5.56 Å². The van der Waals surface area contributed by atoms with Crippen molar-refractivity contribution in [3.8, 4) is 5.75 Å². The number of aromatic nitrogens is 3. The first-order chi connectivity index (χ1) is 15.5. The number of nitrogens with one attached hydrogen (secondary N) is 1. The Hall–Kier alpha value is -3.67. The van der Waals surface area contributed by atoms with Crippen LogP contribution in [0.5, 0.6) is 5.75 Å². The highest BCUT2D eigenvalue weighted by molar-refractivity contribution is 5.94. The van der Waals surface area contributed by atoms with Gasteiger partial charge < -0.3 is 14.6 Å². The fourth-order valence-electron chi connectivity index (χ4n) is 3.78. The van der Waals surface area contributed by atoms with Gasteiger partial charge >= 0.3 is 0 Å². The van der Waals surface area contributed by atoms with E-state index in [1.807, 2.05) is 25.1 Å². The zero-order valence-corrected chi connectivity index (χ0v) is 18.7. The summed E-state index contributed by atoms with van der Waals surface area (Å²) in [6.07, 6.45) is 4.06. The van der Waals surface area contributed by atoms with Crippen molar-refractivity contribution >= 4 is 16.9 Å². The summed E-state index contributed by atoms with van der Waals surface area (Å²) in [6.45, 7) is 7.44. The van der Waals surface area contributed by atoms with Gasteiger partial charge in [0.05, 0.1) is 23.7 Å². The minimum atomic E-state index is -0.247. The van der Waals surface area contributed by atoms with E-state index in [0.717, 1.165) is 41.1 Å². The van der Waals surface area contributed by atoms with Crippen LogP contribution in [0, 0.1) is 13.8 Å². The number of hydrogen-bond acceptors (Lipinski definition) is 4. The Morgan fingerprint density at radius 3 is 2.69 bits per heavy atom. The van der Waals surface area contributed by atoms with Crippen molar-refractivity contribution < 1.29 is 9.53 Å². The average molecular weight is 429 g/mol. The summed E-state index contributed by atoms with van der Waals surface area (Å²) in [4.78, 5) is 21.4. The standard InChI is InChI=1S/C26H28N4O2/c1-18-9-10-19(2)24(17-18)32-16-6-15-30-23-8-5-4-7-22(23)29-25(30)20(3)28-26(31)21-11-13-27-14-12-21/h4-5,7-14,17,20H,6,15-16H2,1-3H3,(H,28,31). The number of carbonyl (C=O) groups is 1. The van der Waals surface area contributed by atoms with Crippen LogP contribution in [0.1, 0.15) is 46.7 Å². The van der Waals surface area contributed by atoms with Crippen molar-refractivity contribution in [2.24, 2.45) is 0 Å². The zero-order valence-electron chi connectivity index (χ0n) is 18.7.